The van der Waals surface area contributed by atoms with Gasteiger partial charge in [0, 0.05) is 11.6 Å². The van der Waals surface area contributed by atoms with Crippen molar-refractivity contribution < 1.29 is 9.53 Å². The molecule has 0 saturated heterocycles. The predicted octanol–water partition coefficient (Wildman–Crippen LogP) is 3.97. The van der Waals surface area contributed by atoms with Gasteiger partial charge in [0.25, 0.3) is 5.91 Å². The van der Waals surface area contributed by atoms with Gasteiger partial charge < -0.3 is 10.1 Å². The number of amides is 1. The van der Waals surface area contributed by atoms with E-state index >= 15 is 0 Å². The van der Waals surface area contributed by atoms with Gasteiger partial charge in [-0.1, -0.05) is 63.9 Å². The van der Waals surface area contributed by atoms with Crippen LogP contribution in [0.3, 0.4) is 0 Å². The van der Waals surface area contributed by atoms with Crippen molar-refractivity contribution in [2.75, 3.05) is 13.2 Å². The Labute approximate surface area is 137 Å². The van der Waals surface area contributed by atoms with Gasteiger partial charge in [-0.05, 0) is 23.8 Å². The number of benzene rings is 2. The fourth-order valence-corrected chi connectivity index (χ4v) is 2.39. The Morgan fingerprint density at radius 1 is 1.19 bits per heavy atom. The third kappa shape index (κ3) is 5.40. The molecule has 0 saturated carbocycles. The van der Waals surface area contributed by atoms with Crippen LogP contribution in [0.15, 0.2) is 54.6 Å². The summed E-state index contributed by atoms with van der Waals surface area (Å²) in [5.74, 6) is 0.409. The van der Waals surface area contributed by atoms with Crippen molar-refractivity contribution in [1.82, 2.24) is 5.32 Å². The van der Waals surface area contributed by atoms with Crippen LogP contribution < -0.4 is 10.1 Å². The van der Waals surface area contributed by atoms with Crippen LogP contribution in [0.25, 0.3) is 0 Å². The largest absolute Gasteiger partial charge is 0.484 e. The maximum Gasteiger partial charge on any atom is 0.257 e. The van der Waals surface area contributed by atoms with E-state index in [4.69, 9.17) is 16.3 Å². The summed E-state index contributed by atoms with van der Waals surface area (Å²) in [5.41, 5.74) is 1.12. The van der Waals surface area contributed by atoms with E-state index in [-0.39, 0.29) is 17.3 Å². The van der Waals surface area contributed by atoms with Gasteiger partial charge in [0.1, 0.15) is 5.75 Å². The number of rotatable bonds is 6. The standard InChI is InChI=1S/C16H15BrClNO2/c17-15(12-5-2-1-3-6-12)10-19-16(20)11-21-14-8-4-7-13(18)9-14/h1-9,15H,10-11H2,(H,19,20). The second kappa shape index (κ2) is 8.05. The van der Waals surface area contributed by atoms with Gasteiger partial charge in [-0.25, -0.2) is 0 Å². The van der Waals surface area contributed by atoms with Crippen molar-refractivity contribution in [2.24, 2.45) is 0 Å². The van der Waals surface area contributed by atoms with Gasteiger partial charge in [-0.2, -0.15) is 0 Å². The first-order valence-electron chi connectivity index (χ1n) is 6.49. The fraction of sp³-hybridized carbons (Fsp3) is 0.188. The average molecular weight is 369 g/mol. The van der Waals surface area contributed by atoms with E-state index in [0.29, 0.717) is 17.3 Å². The molecule has 0 heterocycles. The number of carbonyl (C=O) groups is 1. The molecular weight excluding hydrogens is 354 g/mol. The lowest BCUT2D eigenvalue weighted by Gasteiger charge is -2.12. The summed E-state index contributed by atoms with van der Waals surface area (Å²) in [5, 5.41) is 3.40. The summed E-state index contributed by atoms with van der Waals surface area (Å²) < 4.78 is 5.37. The molecule has 0 aliphatic heterocycles. The molecule has 2 aromatic carbocycles. The zero-order valence-electron chi connectivity index (χ0n) is 11.3. The Balaban J connectivity index is 1.75. The van der Waals surface area contributed by atoms with E-state index in [1.807, 2.05) is 30.3 Å². The van der Waals surface area contributed by atoms with Crippen molar-refractivity contribution in [2.45, 2.75) is 4.83 Å². The molecule has 0 spiro atoms. The van der Waals surface area contributed by atoms with Crippen LogP contribution in [0.4, 0.5) is 0 Å². The molecule has 2 aromatic rings. The van der Waals surface area contributed by atoms with E-state index in [2.05, 4.69) is 21.2 Å². The fourth-order valence-electron chi connectivity index (χ4n) is 1.74. The van der Waals surface area contributed by atoms with Gasteiger partial charge in [0.05, 0.1) is 4.83 Å². The van der Waals surface area contributed by atoms with Gasteiger partial charge >= 0.3 is 0 Å². The molecule has 0 fully saturated rings. The van der Waals surface area contributed by atoms with Crippen LogP contribution in [0.5, 0.6) is 5.75 Å². The highest BCUT2D eigenvalue weighted by molar-refractivity contribution is 9.09. The minimum absolute atomic E-state index is 0.0329. The Bertz CT molecular complexity index is 592. The van der Waals surface area contributed by atoms with Crippen LogP contribution in [0, 0.1) is 0 Å². The number of halogens is 2. The Morgan fingerprint density at radius 3 is 2.67 bits per heavy atom. The lowest BCUT2D eigenvalue weighted by atomic mass is 10.1. The maximum atomic E-state index is 11.7. The van der Waals surface area contributed by atoms with Crippen LogP contribution in [0.1, 0.15) is 10.4 Å². The van der Waals surface area contributed by atoms with Crippen molar-refractivity contribution in [3.05, 3.63) is 65.2 Å². The number of ether oxygens (including phenoxy) is 1. The predicted molar refractivity (Wildman–Crippen MR) is 88.1 cm³/mol. The van der Waals surface area contributed by atoms with Crippen molar-refractivity contribution >= 4 is 33.4 Å². The first-order chi connectivity index (χ1) is 10.1. The van der Waals surface area contributed by atoms with Gasteiger partial charge in [-0.3, -0.25) is 4.79 Å². The van der Waals surface area contributed by atoms with Gasteiger partial charge in [0.2, 0.25) is 0 Å². The summed E-state index contributed by atoms with van der Waals surface area (Å²) in [6.45, 7) is 0.469. The first-order valence-corrected chi connectivity index (χ1v) is 7.78. The molecular formula is C16H15BrClNO2. The minimum Gasteiger partial charge on any atom is -0.484 e. The lowest BCUT2D eigenvalue weighted by Crippen LogP contribution is -2.31. The molecule has 2 rings (SSSR count). The summed E-state index contributed by atoms with van der Waals surface area (Å²) in [4.78, 5) is 11.8. The van der Waals surface area contributed by atoms with Crippen LogP contribution in [-0.4, -0.2) is 19.1 Å². The van der Waals surface area contributed by atoms with Gasteiger partial charge in [0.15, 0.2) is 6.61 Å². The number of hydrogen-bond donors (Lipinski definition) is 1. The normalized spacial score (nSPS) is 11.7. The molecule has 21 heavy (non-hydrogen) atoms. The quantitative estimate of drug-likeness (QED) is 0.784. The highest BCUT2D eigenvalue weighted by Gasteiger charge is 2.09. The third-order valence-corrected chi connectivity index (χ3v) is 3.89. The van der Waals surface area contributed by atoms with Crippen LogP contribution in [-0.2, 0) is 4.79 Å². The van der Waals surface area contributed by atoms with E-state index in [0.717, 1.165) is 5.56 Å². The molecule has 110 valence electrons. The van der Waals surface area contributed by atoms with Crippen molar-refractivity contribution in [3.8, 4) is 5.75 Å². The summed E-state index contributed by atoms with van der Waals surface area (Å²) >= 11 is 9.39. The summed E-state index contributed by atoms with van der Waals surface area (Å²) in [6.07, 6.45) is 0. The molecule has 5 heteroatoms. The lowest BCUT2D eigenvalue weighted by molar-refractivity contribution is -0.123. The highest BCUT2D eigenvalue weighted by Crippen LogP contribution is 2.21. The number of hydrogen-bond acceptors (Lipinski definition) is 2. The van der Waals surface area contributed by atoms with Crippen molar-refractivity contribution in [3.63, 3.8) is 0 Å². The maximum absolute atomic E-state index is 11.7. The molecule has 1 unspecified atom stereocenters. The molecule has 0 bridgehead atoms. The molecule has 1 amide bonds. The van der Waals surface area contributed by atoms with E-state index in [1.54, 1.807) is 24.3 Å². The van der Waals surface area contributed by atoms with Crippen molar-refractivity contribution in [1.29, 1.82) is 0 Å². The Hall–Kier alpha value is -1.52. The summed E-state index contributed by atoms with van der Waals surface area (Å²) in [6, 6.07) is 16.9. The second-order valence-corrected chi connectivity index (χ2v) is 5.97. The second-order valence-electron chi connectivity index (χ2n) is 4.43. The first kappa shape index (κ1) is 15.9. The van der Waals surface area contributed by atoms with Crippen LogP contribution >= 0.6 is 27.5 Å². The minimum atomic E-state index is -0.171. The smallest absolute Gasteiger partial charge is 0.257 e. The Kier molecular flexibility index (Phi) is 6.08. The average Bonchev–Trinajstić information content (AvgIpc) is 2.51. The third-order valence-electron chi connectivity index (χ3n) is 2.81. The van der Waals surface area contributed by atoms with Gasteiger partial charge in [-0.15, -0.1) is 0 Å². The molecule has 1 atom stereocenters. The van der Waals surface area contributed by atoms with E-state index in [1.165, 1.54) is 0 Å². The van der Waals surface area contributed by atoms with E-state index in [9.17, 15) is 4.79 Å². The topological polar surface area (TPSA) is 38.3 Å². The SMILES string of the molecule is O=C(COc1cccc(Cl)c1)NCC(Br)c1ccccc1. The monoisotopic (exact) mass is 367 g/mol. The zero-order chi connectivity index (χ0) is 15.1. The zero-order valence-corrected chi connectivity index (χ0v) is 13.6. The Morgan fingerprint density at radius 2 is 1.95 bits per heavy atom. The highest BCUT2D eigenvalue weighted by atomic mass is 79.9. The number of carbonyl (C=O) groups excluding carboxylic acids is 1. The van der Waals surface area contributed by atoms with E-state index < -0.39 is 0 Å². The molecule has 1 N–H and O–H groups in total. The molecule has 3 nitrogen and oxygen atoms in total. The van der Waals surface area contributed by atoms with Crippen LogP contribution in [0.2, 0.25) is 5.02 Å². The summed E-state index contributed by atoms with van der Waals surface area (Å²) in [7, 11) is 0. The molecule has 0 radical (unpaired) electrons. The molecule has 0 aliphatic carbocycles. The number of alkyl halides is 1. The molecule has 0 aromatic heterocycles. The molecule has 0 aliphatic rings. The number of nitrogens with one attached hydrogen (secondary N) is 1.